The molecule has 2 aromatic heterocycles. The van der Waals surface area contributed by atoms with E-state index in [1.54, 1.807) is 17.4 Å². The average Bonchev–Trinajstić information content (AvgIpc) is 2.86. The lowest BCUT2D eigenvalue weighted by Crippen LogP contribution is -2.02. The fourth-order valence-electron chi connectivity index (χ4n) is 1.16. The van der Waals surface area contributed by atoms with Gasteiger partial charge in [-0.2, -0.15) is 16.4 Å². The lowest BCUT2D eigenvalue weighted by atomic mass is 10.2. The number of aromatic nitrogens is 2. The normalized spacial score (nSPS) is 13.0. The molecule has 0 fully saturated rings. The highest BCUT2D eigenvalue weighted by Crippen LogP contribution is 2.22. The molecule has 5 heteroatoms. The Morgan fingerprint density at radius 1 is 1.57 bits per heavy atom. The number of aliphatic hydroxyl groups excluding tert-OH is 2. The summed E-state index contributed by atoms with van der Waals surface area (Å²) < 4.78 is 0. The Bertz CT molecular complexity index is 397. The molecule has 3 N–H and O–H groups in total. The van der Waals surface area contributed by atoms with Crippen molar-refractivity contribution in [2.75, 3.05) is 6.61 Å². The van der Waals surface area contributed by atoms with Crippen LogP contribution in [0, 0.1) is 0 Å². The molecule has 0 saturated carbocycles. The number of nitrogens with zero attached hydrogens (tertiary/aromatic N) is 1. The third-order valence-electron chi connectivity index (χ3n) is 1.95. The van der Waals surface area contributed by atoms with Crippen LogP contribution in [-0.2, 0) is 0 Å². The summed E-state index contributed by atoms with van der Waals surface area (Å²) >= 11 is 1.59. The van der Waals surface area contributed by atoms with Gasteiger partial charge in [-0.25, -0.2) is 0 Å². The molecule has 0 radical (unpaired) electrons. The molecule has 0 saturated heterocycles. The maximum absolute atomic E-state index is 9.32. The first kappa shape index (κ1) is 9.39. The number of nitrogens with one attached hydrogen (secondary N) is 1. The van der Waals surface area contributed by atoms with E-state index in [2.05, 4.69) is 10.2 Å². The van der Waals surface area contributed by atoms with Crippen LogP contribution < -0.4 is 0 Å². The van der Waals surface area contributed by atoms with Gasteiger partial charge in [-0.3, -0.25) is 5.10 Å². The summed E-state index contributed by atoms with van der Waals surface area (Å²) in [6, 6.07) is 3.69. The molecule has 2 heterocycles. The van der Waals surface area contributed by atoms with Crippen LogP contribution in [0.5, 0.6) is 0 Å². The Hall–Kier alpha value is -1.17. The molecule has 0 aliphatic rings. The lowest BCUT2D eigenvalue weighted by molar-refractivity contribution is 0.0922. The fraction of sp³-hybridized carbons (Fsp3) is 0.222. The van der Waals surface area contributed by atoms with Crippen LogP contribution in [0.2, 0.25) is 0 Å². The van der Waals surface area contributed by atoms with Gasteiger partial charge in [0.1, 0.15) is 6.10 Å². The highest BCUT2D eigenvalue weighted by atomic mass is 32.1. The minimum atomic E-state index is -0.880. The second kappa shape index (κ2) is 3.91. The maximum atomic E-state index is 9.32. The van der Waals surface area contributed by atoms with Gasteiger partial charge in [0.15, 0.2) is 0 Å². The summed E-state index contributed by atoms with van der Waals surface area (Å²) in [5.41, 5.74) is 2.34. The van der Waals surface area contributed by atoms with E-state index < -0.39 is 6.10 Å². The predicted molar refractivity (Wildman–Crippen MR) is 53.9 cm³/mol. The van der Waals surface area contributed by atoms with Crippen molar-refractivity contribution in [2.24, 2.45) is 0 Å². The zero-order valence-electron chi connectivity index (χ0n) is 7.34. The maximum Gasteiger partial charge on any atom is 0.118 e. The van der Waals surface area contributed by atoms with Gasteiger partial charge in [0.25, 0.3) is 0 Å². The monoisotopic (exact) mass is 210 g/mol. The van der Waals surface area contributed by atoms with E-state index in [-0.39, 0.29) is 6.61 Å². The van der Waals surface area contributed by atoms with Crippen molar-refractivity contribution in [1.82, 2.24) is 10.2 Å². The number of thiophene rings is 1. The topological polar surface area (TPSA) is 69.1 Å². The van der Waals surface area contributed by atoms with Crippen molar-refractivity contribution < 1.29 is 10.2 Å². The molecule has 74 valence electrons. The number of hydrogen-bond donors (Lipinski definition) is 3. The van der Waals surface area contributed by atoms with E-state index in [0.717, 1.165) is 11.3 Å². The van der Waals surface area contributed by atoms with E-state index >= 15 is 0 Å². The van der Waals surface area contributed by atoms with Crippen LogP contribution >= 0.6 is 11.3 Å². The third-order valence-corrected chi connectivity index (χ3v) is 2.63. The number of aliphatic hydroxyl groups is 2. The minimum absolute atomic E-state index is 0.300. The van der Waals surface area contributed by atoms with E-state index in [9.17, 15) is 5.11 Å². The van der Waals surface area contributed by atoms with E-state index in [1.165, 1.54) is 0 Å². The van der Waals surface area contributed by atoms with Gasteiger partial charge >= 0.3 is 0 Å². The lowest BCUT2D eigenvalue weighted by Gasteiger charge is -2.00. The van der Waals surface area contributed by atoms with Crippen molar-refractivity contribution in [3.63, 3.8) is 0 Å². The van der Waals surface area contributed by atoms with Gasteiger partial charge < -0.3 is 10.2 Å². The van der Waals surface area contributed by atoms with Crippen LogP contribution in [0.3, 0.4) is 0 Å². The molecule has 0 amide bonds. The van der Waals surface area contributed by atoms with Gasteiger partial charge in [0, 0.05) is 10.9 Å². The average molecular weight is 210 g/mol. The first-order valence-corrected chi connectivity index (χ1v) is 5.12. The standard InChI is InChI=1S/C9H10N2O2S/c12-4-9(13)8-3-7(10-11-8)6-1-2-14-5-6/h1-3,5,9,12-13H,4H2,(H,10,11). The van der Waals surface area contributed by atoms with Crippen LogP contribution in [0.15, 0.2) is 22.9 Å². The summed E-state index contributed by atoms with van der Waals surface area (Å²) in [5, 5.41) is 28.7. The summed E-state index contributed by atoms with van der Waals surface area (Å²) in [7, 11) is 0. The molecular weight excluding hydrogens is 200 g/mol. The highest BCUT2D eigenvalue weighted by molar-refractivity contribution is 7.08. The van der Waals surface area contributed by atoms with Crippen LogP contribution in [-0.4, -0.2) is 27.0 Å². The second-order valence-electron chi connectivity index (χ2n) is 2.92. The molecule has 2 aromatic rings. The number of rotatable bonds is 3. The van der Waals surface area contributed by atoms with Crippen LogP contribution in [0.4, 0.5) is 0 Å². The van der Waals surface area contributed by atoms with Crippen LogP contribution in [0.25, 0.3) is 11.3 Å². The first-order valence-electron chi connectivity index (χ1n) is 4.18. The molecule has 0 spiro atoms. The summed E-state index contributed by atoms with van der Waals surface area (Å²) in [5.74, 6) is 0. The van der Waals surface area contributed by atoms with Gasteiger partial charge in [-0.05, 0) is 17.5 Å². The van der Waals surface area contributed by atoms with Crippen molar-refractivity contribution in [3.8, 4) is 11.3 Å². The van der Waals surface area contributed by atoms with E-state index in [1.807, 2.05) is 16.8 Å². The minimum Gasteiger partial charge on any atom is -0.393 e. The quantitative estimate of drug-likeness (QED) is 0.712. The SMILES string of the molecule is OCC(O)c1cc(-c2ccsc2)n[nH]1. The van der Waals surface area contributed by atoms with Crippen molar-refractivity contribution >= 4 is 11.3 Å². The Balaban J connectivity index is 2.26. The zero-order chi connectivity index (χ0) is 9.97. The smallest absolute Gasteiger partial charge is 0.118 e. The van der Waals surface area contributed by atoms with Crippen molar-refractivity contribution in [2.45, 2.75) is 6.10 Å². The Morgan fingerprint density at radius 3 is 3.07 bits per heavy atom. The Labute approximate surface area is 84.8 Å². The number of H-pyrrole nitrogens is 1. The summed E-state index contributed by atoms with van der Waals surface area (Å²) in [6.07, 6.45) is -0.880. The summed E-state index contributed by atoms with van der Waals surface area (Å²) in [4.78, 5) is 0. The molecule has 14 heavy (non-hydrogen) atoms. The van der Waals surface area contributed by atoms with Crippen LogP contribution in [0.1, 0.15) is 11.8 Å². The fourth-order valence-corrected chi connectivity index (χ4v) is 1.81. The predicted octanol–water partition coefficient (Wildman–Crippen LogP) is 1.16. The Morgan fingerprint density at radius 2 is 2.43 bits per heavy atom. The van der Waals surface area contributed by atoms with Crippen molar-refractivity contribution in [1.29, 1.82) is 0 Å². The van der Waals surface area contributed by atoms with Crippen molar-refractivity contribution in [3.05, 3.63) is 28.6 Å². The van der Waals surface area contributed by atoms with E-state index in [0.29, 0.717) is 5.69 Å². The molecule has 0 aliphatic heterocycles. The molecular formula is C9H10N2O2S. The zero-order valence-corrected chi connectivity index (χ0v) is 8.16. The molecule has 0 aliphatic carbocycles. The second-order valence-corrected chi connectivity index (χ2v) is 3.70. The van der Waals surface area contributed by atoms with E-state index in [4.69, 9.17) is 5.11 Å². The molecule has 1 unspecified atom stereocenters. The molecule has 4 nitrogen and oxygen atoms in total. The largest absolute Gasteiger partial charge is 0.393 e. The van der Waals surface area contributed by atoms with Gasteiger partial charge in [-0.1, -0.05) is 0 Å². The summed E-state index contributed by atoms with van der Waals surface area (Å²) in [6.45, 7) is -0.300. The molecule has 0 bridgehead atoms. The Kier molecular flexibility index (Phi) is 2.62. The first-order chi connectivity index (χ1) is 6.81. The van der Waals surface area contributed by atoms with Gasteiger partial charge in [0.05, 0.1) is 18.0 Å². The number of aromatic amines is 1. The molecule has 1 atom stereocenters. The molecule has 0 aromatic carbocycles. The van der Waals surface area contributed by atoms with Gasteiger partial charge in [-0.15, -0.1) is 0 Å². The third kappa shape index (κ3) is 1.70. The number of hydrogen-bond acceptors (Lipinski definition) is 4. The highest BCUT2D eigenvalue weighted by Gasteiger charge is 2.10. The van der Waals surface area contributed by atoms with Gasteiger partial charge in [0.2, 0.25) is 0 Å². The molecule has 2 rings (SSSR count).